The summed E-state index contributed by atoms with van der Waals surface area (Å²) in [5.41, 5.74) is 1.13. The van der Waals surface area contributed by atoms with E-state index in [-0.39, 0.29) is 6.54 Å². The van der Waals surface area contributed by atoms with E-state index in [1.165, 1.54) is 0 Å². The summed E-state index contributed by atoms with van der Waals surface area (Å²) in [5.74, 6) is -0.998. The molecule has 0 fully saturated rings. The molecule has 1 unspecified atom stereocenters. The van der Waals surface area contributed by atoms with Crippen LogP contribution in [0.3, 0.4) is 0 Å². The molecule has 0 radical (unpaired) electrons. The summed E-state index contributed by atoms with van der Waals surface area (Å²) in [6, 6.07) is 7.90. The van der Waals surface area contributed by atoms with Crippen LogP contribution in [0.2, 0.25) is 0 Å². The minimum atomic E-state index is -0.998. The van der Waals surface area contributed by atoms with Crippen molar-refractivity contribution in [3.63, 3.8) is 0 Å². The Morgan fingerprint density at radius 2 is 2.27 bits per heavy atom. The van der Waals surface area contributed by atoms with Crippen LogP contribution in [0.25, 0.3) is 0 Å². The Kier molecular flexibility index (Phi) is 4.78. The normalized spacial score (nSPS) is 12.4. The molecule has 0 heterocycles. The van der Waals surface area contributed by atoms with Gasteiger partial charge in [-0.2, -0.15) is 0 Å². The molecule has 1 rings (SSSR count). The van der Waals surface area contributed by atoms with Crippen molar-refractivity contribution in [2.45, 2.75) is 13.5 Å². The number of nitrogens with one attached hydrogen (secondary N) is 1. The first kappa shape index (κ1) is 12.2. The summed E-state index contributed by atoms with van der Waals surface area (Å²) in [7, 11) is 0. The summed E-state index contributed by atoms with van der Waals surface area (Å²) in [6.45, 7) is 3.52. The molecule has 0 bridgehead atoms. The highest BCUT2D eigenvalue weighted by molar-refractivity contribution is 9.10. The number of quaternary nitrogens is 1. The monoisotopic (exact) mass is 271 g/mol. The third kappa shape index (κ3) is 4.44. The number of halogens is 1. The molecule has 0 aromatic heterocycles. The van der Waals surface area contributed by atoms with Gasteiger partial charge in [0.1, 0.15) is 13.1 Å². The van der Waals surface area contributed by atoms with Crippen LogP contribution in [0.5, 0.6) is 0 Å². The quantitative estimate of drug-likeness (QED) is 0.793. The van der Waals surface area contributed by atoms with Crippen molar-refractivity contribution in [2.75, 3.05) is 13.1 Å². The van der Waals surface area contributed by atoms with Gasteiger partial charge in [0, 0.05) is 10.0 Å². The van der Waals surface area contributed by atoms with E-state index < -0.39 is 5.97 Å². The average molecular weight is 272 g/mol. The highest BCUT2D eigenvalue weighted by Gasteiger charge is 2.07. The van der Waals surface area contributed by atoms with Crippen molar-refractivity contribution in [1.82, 2.24) is 0 Å². The Morgan fingerprint density at radius 3 is 2.80 bits per heavy atom. The topological polar surface area (TPSA) is 44.6 Å². The second-order valence-electron chi connectivity index (χ2n) is 3.46. The van der Waals surface area contributed by atoms with E-state index in [9.17, 15) is 9.90 Å². The van der Waals surface area contributed by atoms with E-state index in [4.69, 9.17) is 0 Å². The Labute approximate surface area is 97.8 Å². The fraction of sp³-hybridized carbons (Fsp3) is 0.364. The molecule has 15 heavy (non-hydrogen) atoms. The maximum atomic E-state index is 10.5. The Bertz CT molecular complexity index is 341. The third-order valence-corrected chi connectivity index (χ3v) is 2.73. The Hall–Kier alpha value is -0.870. The van der Waals surface area contributed by atoms with Gasteiger partial charge >= 0.3 is 0 Å². The summed E-state index contributed by atoms with van der Waals surface area (Å²) in [6.07, 6.45) is 0. The summed E-state index contributed by atoms with van der Waals surface area (Å²) >= 11 is 3.39. The maximum Gasteiger partial charge on any atom is 0.118 e. The molecule has 4 heteroatoms. The lowest BCUT2D eigenvalue weighted by Crippen LogP contribution is -3.11. The number of hydrogen-bond acceptors (Lipinski definition) is 2. The van der Waals surface area contributed by atoms with Gasteiger partial charge in [-0.1, -0.05) is 28.1 Å². The zero-order valence-corrected chi connectivity index (χ0v) is 10.2. The number of carboxylic acids is 1. The van der Waals surface area contributed by atoms with Crippen molar-refractivity contribution in [1.29, 1.82) is 0 Å². The number of carbonyl (C=O) groups is 1. The third-order valence-electron chi connectivity index (χ3n) is 2.24. The number of carbonyl (C=O) groups excluding carboxylic acids is 1. The Morgan fingerprint density at radius 1 is 1.53 bits per heavy atom. The van der Waals surface area contributed by atoms with Gasteiger partial charge in [0.15, 0.2) is 0 Å². The first-order valence-electron chi connectivity index (χ1n) is 4.89. The number of likely N-dealkylation sites (N-methyl/N-ethyl adjacent to an activating group) is 1. The maximum absolute atomic E-state index is 10.5. The van der Waals surface area contributed by atoms with Crippen molar-refractivity contribution < 1.29 is 14.8 Å². The van der Waals surface area contributed by atoms with E-state index in [1.807, 2.05) is 31.2 Å². The van der Waals surface area contributed by atoms with Gasteiger partial charge in [-0.05, 0) is 19.1 Å². The lowest BCUT2D eigenvalue weighted by atomic mass is 10.2. The van der Waals surface area contributed by atoms with Gasteiger partial charge < -0.3 is 14.8 Å². The molecule has 1 aromatic carbocycles. The van der Waals surface area contributed by atoms with Crippen LogP contribution in [0.15, 0.2) is 28.7 Å². The zero-order chi connectivity index (χ0) is 11.3. The van der Waals surface area contributed by atoms with Gasteiger partial charge in [-0.15, -0.1) is 0 Å². The number of aliphatic carboxylic acids is 1. The lowest BCUT2D eigenvalue weighted by Gasteiger charge is -2.18. The standard InChI is InChI=1S/C11H14BrNO2/c1-2-13(8-11(14)15)7-9-4-3-5-10(12)6-9/h3-6H,2,7-8H2,1H3,(H,14,15). The molecule has 1 atom stereocenters. The van der Waals surface area contributed by atoms with Crippen LogP contribution >= 0.6 is 15.9 Å². The number of carboxylic acid groups (broad SMARTS) is 1. The second kappa shape index (κ2) is 5.88. The minimum Gasteiger partial charge on any atom is -0.544 e. The smallest absolute Gasteiger partial charge is 0.118 e. The molecule has 0 saturated carbocycles. The second-order valence-corrected chi connectivity index (χ2v) is 4.37. The highest BCUT2D eigenvalue weighted by Crippen LogP contribution is 2.10. The molecule has 0 amide bonds. The summed E-state index contributed by atoms with van der Waals surface area (Å²) in [4.78, 5) is 11.5. The zero-order valence-electron chi connectivity index (χ0n) is 8.63. The number of benzene rings is 1. The summed E-state index contributed by atoms with van der Waals surface area (Å²) in [5, 5.41) is 10.5. The first-order valence-corrected chi connectivity index (χ1v) is 5.69. The van der Waals surface area contributed by atoms with E-state index in [0.717, 1.165) is 21.5 Å². The van der Waals surface area contributed by atoms with Crippen LogP contribution in [-0.2, 0) is 11.3 Å². The fourth-order valence-electron chi connectivity index (χ4n) is 1.45. The first-order chi connectivity index (χ1) is 7.11. The molecule has 0 aliphatic heterocycles. The van der Waals surface area contributed by atoms with Crippen molar-refractivity contribution in [3.05, 3.63) is 34.3 Å². The molecule has 1 N–H and O–H groups in total. The van der Waals surface area contributed by atoms with Crippen LogP contribution in [0.4, 0.5) is 0 Å². The van der Waals surface area contributed by atoms with E-state index in [0.29, 0.717) is 6.54 Å². The van der Waals surface area contributed by atoms with E-state index in [1.54, 1.807) is 0 Å². The largest absolute Gasteiger partial charge is 0.544 e. The molecular weight excluding hydrogens is 258 g/mol. The molecule has 0 aliphatic carbocycles. The van der Waals surface area contributed by atoms with Crippen molar-refractivity contribution >= 4 is 21.9 Å². The Balaban J connectivity index is 2.62. The van der Waals surface area contributed by atoms with Crippen LogP contribution in [0, 0.1) is 0 Å². The minimum absolute atomic E-state index is 0.0585. The highest BCUT2D eigenvalue weighted by atomic mass is 79.9. The predicted molar refractivity (Wildman–Crippen MR) is 59.2 cm³/mol. The van der Waals surface area contributed by atoms with Crippen molar-refractivity contribution in [2.24, 2.45) is 0 Å². The lowest BCUT2D eigenvalue weighted by molar-refractivity contribution is -0.906. The van der Waals surface area contributed by atoms with Gasteiger partial charge in [-0.3, -0.25) is 0 Å². The molecule has 82 valence electrons. The predicted octanol–water partition coefficient (Wildman–Crippen LogP) is -0.396. The molecule has 1 aromatic rings. The van der Waals surface area contributed by atoms with Crippen LogP contribution in [0.1, 0.15) is 12.5 Å². The average Bonchev–Trinajstić information content (AvgIpc) is 2.16. The summed E-state index contributed by atoms with van der Waals surface area (Å²) < 4.78 is 1.02. The van der Waals surface area contributed by atoms with Gasteiger partial charge in [0.05, 0.1) is 12.5 Å². The van der Waals surface area contributed by atoms with E-state index >= 15 is 0 Å². The molecule has 0 spiro atoms. The SMILES string of the molecule is CC[NH+](CC(=O)[O-])Cc1cccc(Br)c1. The van der Waals surface area contributed by atoms with E-state index in [2.05, 4.69) is 15.9 Å². The molecular formula is C11H14BrNO2. The van der Waals surface area contributed by atoms with Gasteiger partial charge in [-0.25, -0.2) is 0 Å². The molecule has 3 nitrogen and oxygen atoms in total. The number of hydrogen-bond donors (Lipinski definition) is 1. The van der Waals surface area contributed by atoms with Crippen LogP contribution < -0.4 is 10.0 Å². The van der Waals surface area contributed by atoms with Crippen LogP contribution in [-0.4, -0.2) is 19.1 Å². The number of rotatable bonds is 5. The van der Waals surface area contributed by atoms with Gasteiger partial charge in [0.25, 0.3) is 0 Å². The molecule has 0 aliphatic rings. The molecule has 0 saturated heterocycles. The van der Waals surface area contributed by atoms with Gasteiger partial charge in [0.2, 0.25) is 0 Å². The fourth-order valence-corrected chi connectivity index (χ4v) is 1.90. The van der Waals surface area contributed by atoms with Crippen molar-refractivity contribution in [3.8, 4) is 0 Å².